The molecule has 0 spiro atoms. The van der Waals surface area contributed by atoms with Gasteiger partial charge < -0.3 is 14.9 Å². The summed E-state index contributed by atoms with van der Waals surface area (Å²) in [6, 6.07) is 51.5. The van der Waals surface area contributed by atoms with Crippen LogP contribution in [0, 0.1) is 0 Å². The van der Waals surface area contributed by atoms with E-state index in [-0.39, 0.29) is 11.6 Å². The van der Waals surface area contributed by atoms with Crippen LogP contribution >= 0.6 is 0 Å². The van der Waals surface area contributed by atoms with Crippen LogP contribution in [0.25, 0.3) is 43.9 Å². The molecule has 1 aromatic heterocycles. The lowest BCUT2D eigenvalue weighted by molar-refractivity contribution is 0.661. The van der Waals surface area contributed by atoms with Gasteiger partial charge in [-0.1, -0.05) is 135 Å². The van der Waals surface area contributed by atoms with E-state index in [4.69, 9.17) is 15.3 Å². The van der Waals surface area contributed by atoms with Crippen LogP contribution in [0.3, 0.4) is 0 Å². The Morgan fingerprint density at radius 1 is 0.587 bits per heavy atom. The maximum absolute atomic E-state index is 5.02. The van der Waals surface area contributed by atoms with Gasteiger partial charge in [-0.05, 0) is 69.3 Å². The minimum atomic E-state index is -0.352. The Hall–Kier alpha value is -5.74. The molecule has 0 bridgehead atoms. The van der Waals surface area contributed by atoms with Gasteiger partial charge >= 0.3 is 0 Å². The van der Waals surface area contributed by atoms with Crippen molar-refractivity contribution in [3.8, 4) is 16.8 Å². The molecule has 2 aliphatic rings. The first kappa shape index (κ1) is 26.6. The third kappa shape index (κ3) is 4.07. The molecule has 220 valence electrons. The van der Waals surface area contributed by atoms with E-state index in [1.54, 1.807) is 0 Å². The van der Waals surface area contributed by atoms with E-state index in [0.717, 1.165) is 22.4 Å². The number of amidine groups is 2. The van der Waals surface area contributed by atoms with E-state index < -0.39 is 0 Å². The van der Waals surface area contributed by atoms with Crippen LogP contribution in [-0.2, 0) is 5.41 Å². The molecule has 4 heteroatoms. The third-order valence-electron chi connectivity index (χ3n) is 9.59. The molecule has 9 rings (SSSR count). The first-order valence-corrected chi connectivity index (χ1v) is 15.8. The number of benzene rings is 6. The van der Waals surface area contributed by atoms with Crippen molar-refractivity contribution in [2.24, 2.45) is 9.98 Å². The molecule has 0 amide bonds. The zero-order valence-electron chi connectivity index (χ0n) is 25.7. The number of fused-ring (bicyclic) bond motifs is 6. The molecule has 0 fully saturated rings. The van der Waals surface area contributed by atoms with Gasteiger partial charge in [-0.3, -0.25) is 4.99 Å². The van der Waals surface area contributed by atoms with Crippen molar-refractivity contribution in [3.05, 3.63) is 179 Å². The summed E-state index contributed by atoms with van der Waals surface area (Å²) in [5.41, 5.74) is 11.9. The monoisotopic (exact) mass is 591 g/mol. The minimum Gasteiger partial charge on any atom is -0.438 e. The number of rotatable bonds is 4. The van der Waals surface area contributed by atoms with Gasteiger partial charge in [0.1, 0.15) is 0 Å². The Balaban J connectivity index is 1.18. The number of aromatic nitrogens is 1. The lowest BCUT2D eigenvalue weighted by Crippen LogP contribution is -2.15. The van der Waals surface area contributed by atoms with E-state index >= 15 is 0 Å². The van der Waals surface area contributed by atoms with Crippen LogP contribution in [-0.4, -0.2) is 16.2 Å². The van der Waals surface area contributed by atoms with Crippen molar-refractivity contribution >= 4 is 33.5 Å². The second-order valence-electron chi connectivity index (χ2n) is 12.7. The highest BCUT2D eigenvalue weighted by molar-refractivity contribution is 6.18. The molecule has 0 saturated heterocycles. The lowest BCUT2D eigenvalue weighted by Gasteiger charge is -2.32. The largest absolute Gasteiger partial charge is 0.438 e. The lowest BCUT2D eigenvalue weighted by atomic mass is 9.82. The van der Waals surface area contributed by atoms with Gasteiger partial charge in [0.25, 0.3) is 0 Å². The van der Waals surface area contributed by atoms with Crippen LogP contribution in [0.4, 0.5) is 0 Å². The Morgan fingerprint density at radius 2 is 1.28 bits per heavy atom. The molecule has 6 aromatic carbocycles. The maximum Gasteiger partial charge on any atom is 0.0822 e. The summed E-state index contributed by atoms with van der Waals surface area (Å²) in [4.78, 5) is 9.98. The predicted octanol–water partition coefficient (Wildman–Crippen LogP) is 10.4. The van der Waals surface area contributed by atoms with Gasteiger partial charge in [0.15, 0.2) is 0 Å². The van der Waals surface area contributed by atoms with Crippen molar-refractivity contribution in [1.29, 1.82) is 0 Å². The first-order chi connectivity index (χ1) is 22.6. The van der Waals surface area contributed by atoms with Gasteiger partial charge in [0.2, 0.25) is 0 Å². The molecule has 7 aromatic rings. The number of hydrogen-bond donors (Lipinski definition) is 0. The van der Waals surface area contributed by atoms with Crippen molar-refractivity contribution in [1.82, 2.24) is 4.57 Å². The molecular weight excluding hydrogens is 560 g/mol. The third-order valence-corrected chi connectivity index (χ3v) is 9.59. The molecular formula is C42H31N4-. The molecule has 0 N–H and O–H groups in total. The molecule has 4 nitrogen and oxygen atoms in total. The van der Waals surface area contributed by atoms with E-state index in [1.807, 2.05) is 36.4 Å². The second-order valence-corrected chi connectivity index (χ2v) is 12.7. The summed E-state index contributed by atoms with van der Waals surface area (Å²) in [6.07, 6.45) is -0.352. The first-order valence-electron chi connectivity index (χ1n) is 15.8. The number of nitrogens with zero attached hydrogens (tertiary/aromatic N) is 4. The topological polar surface area (TPSA) is 43.8 Å². The summed E-state index contributed by atoms with van der Waals surface area (Å²) >= 11 is 0. The van der Waals surface area contributed by atoms with E-state index in [1.165, 1.54) is 44.1 Å². The molecule has 0 saturated carbocycles. The summed E-state index contributed by atoms with van der Waals surface area (Å²) in [7, 11) is 0. The van der Waals surface area contributed by atoms with Crippen LogP contribution in [0.5, 0.6) is 0 Å². The molecule has 1 aliphatic heterocycles. The van der Waals surface area contributed by atoms with Gasteiger partial charge in [-0.25, -0.2) is 0 Å². The Labute approximate surface area is 268 Å². The Kier molecular flexibility index (Phi) is 5.88. The van der Waals surface area contributed by atoms with Crippen LogP contribution in [0.15, 0.2) is 156 Å². The highest BCUT2D eigenvalue weighted by Gasteiger charge is 2.36. The second kappa shape index (κ2) is 10.1. The average molecular weight is 592 g/mol. The number of hydrogen-bond acceptors (Lipinski definition) is 2. The standard InChI is InChI=1S/C42H31N4/c1-42(2)35-19-11-9-17-31(35)33-26-38-34(25-36(33)42)32-18-10-12-20-37(32)46(38)30-23-21-29(22-24-30)41-44-39(27-13-5-3-6-14-27)43-40(45-41)28-15-7-4-8-16-28/h3-26,39H,1-2H3/q-1. The molecule has 1 unspecified atom stereocenters. The normalized spacial score (nSPS) is 16.4. The Morgan fingerprint density at radius 3 is 2.09 bits per heavy atom. The van der Waals surface area contributed by atoms with Crippen molar-refractivity contribution in [2.75, 3.05) is 0 Å². The minimum absolute atomic E-state index is 0.0469. The molecule has 0 radical (unpaired) electrons. The summed E-state index contributed by atoms with van der Waals surface area (Å²) < 4.78 is 2.39. The molecule has 1 atom stereocenters. The fourth-order valence-corrected chi connectivity index (χ4v) is 7.26. The quantitative estimate of drug-likeness (QED) is 0.195. The van der Waals surface area contributed by atoms with Gasteiger partial charge in [0, 0.05) is 21.9 Å². The van der Waals surface area contributed by atoms with Gasteiger partial charge in [-0.2, -0.15) is 0 Å². The van der Waals surface area contributed by atoms with Crippen molar-refractivity contribution < 1.29 is 0 Å². The molecule has 1 aliphatic carbocycles. The van der Waals surface area contributed by atoms with Crippen molar-refractivity contribution in [2.45, 2.75) is 25.4 Å². The number of aliphatic imine (C=N–C) groups is 2. The molecule has 2 heterocycles. The fourth-order valence-electron chi connectivity index (χ4n) is 7.26. The van der Waals surface area contributed by atoms with Crippen LogP contribution in [0.2, 0.25) is 0 Å². The zero-order valence-corrected chi connectivity index (χ0v) is 25.7. The summed E-state index contributed by atoms with van der Waals surface area (Å²) in [5.74, 6) is 1.39. The SMILES string of the molecule is CC1(C)c2ccccc2-c2cc3c(cc21)c1ccccc1n3-c1ccc(C2=NC(c3ccccc3)[N-]C(c3ccccc3)=N2)cc1. The zero-order chi connectivity index (χ0) is 30.8. The summed E-state index contributed by atoms with van der Waals surface area (Å²) in [5, 5.41) is 7.48. The predicted molar refractivity (Wildman–Crippen MR) is 190 cm³/mol. The van der Waals surface area contributed by atoms with Gasteiger partial charge in [0.05, 0.1) is 23.0 Å². The highest BCUT2D eigenvalue weighted by Crippen LogP contribution is 2.51. The van der Waals surface area contributed by atoms with E-state index in [2.05, 4.69) is 128 Å². The fraction of sp³-hybridized carbons (Fsp3) is 0.0952. The van der Waals surface area contributed by atoms with Gasteiger partial charge in [-0.15, -0.1) is 0 Å². The van der Waals surface area contributed by atoms with Crippen LogP contribution in [0.1, 0.15) is 47.8 Å². The number of para-hydroxylation sites is 1. The maximum atomic E-state index is 5.02. The van der Waals surface area contributed by atoms with Crippen molar-refractivity contribution in [3.63, 3.8) is 0 Å². The highest BCUT2D eigenvalue weighted by atomic mass is 15.2. The molecule has 46 heavy (non-hydrogen) atoms. The Bertz CT molecular complexity index is 2340. The summed E-state index contributed by atoms with van der Waals surface area (Å²) in [6.45, 7) is 4.69. The smallest absolute Gasteiger partial charge is 0.0822 e. The van der Waals surface area contributed by atoms with E-state index in [9.17, 15) is 0 Å². The van der Waals surface area contributed by atoms with E-state index in [0.29, 0.717) is 11.7 Å². The van der Waals surface area contributed by atoms with Crippen LogP contribution < -0.4 is 0 Å². The average Bonchev–Trinajstić information content (AvgIpc) is 3.56.